The van der Waals surface area contributed by atoms with Gasteiger partial charge in [0.1, 0.15) is 5.75 Å². The van der Waals surface area contributed by atoms with Crippen molar-refractivity contribution in [1.82, 2.24) is 36.2 Å². The van der Waals surface area contributed by atoms with E-state index in [0.29, 0.717) is 32.1 Å². The highest BCUT2D eigenvalue weighted by Crippen LogP contribution is 2.22. The summed E-state index contributed by atoms with van der Waals surface area (Å²) in [4.78, 5) is 26.7. The number of amides is 2. The number of rotatable bonds is 8. The van der Waals surface area contributed by atoms with Crippen LogP contribution in [-0.4, -0.2) is 63.1 Å². The molecule has 0 spiro atoms. The molecule has 1 aromatic heterocycles. The summed E-state index contributed by atoms with van der Waals surface area (Å²) in [7, 11) is 0. The van der Waals surface area contributed by atoms with Gasteiger partial charge in [-0.25, -0.2) is 0 Å². The Balaban J connectivity index is 1.64. The lowest BCUT2D eigenvalue weighted by Gasteiger charge is -2.35. The number of carbonyl (C=O) groups excluding carboxylic acids is 2. The minimum Gasteiger partial charge on any atom is -0.494 e. The molecule has 0 aliphatic carbocycles. The average molecular weight is 373 g/mol. The molecule has 1 aromatic carbocycles. The molecular weight excluding hydrogens is 350 g/mol. The molecule has 2 amide bonds. The van der Waals surface area contributed by atoms with Crippen LogP contribution in [0.2, 0.25) is 0 Å². The van der Waals surface area contributed by atoms with Gasteiger partial charge in [-0.2, -0.15) is 5.21 Å². The highest BCUT2D eigenvalue weighted by atomic mass is 16.5. The predicted molar refractivity (Wildman–Crippen MR) is 95.5 cm³/mol. The van der Waals surface area contributed by atoms with E-state index in [0.717, 1.165) is 11.3 Å². The molecule has 2 heterocycles. The van der Waals surface area contributed by atoms with Gasteiger partial charge in [0.15, 0.2) is 5.82 Å². The molecule has 10 nitrogen and oxygen atoms in total. The van der Waals surface area contributed by atoms with Gasteiger partial charge < -0.3 is 15.4 Å². The van der Waals surface area contributed by atoms with Crippen molar-refractivity contribution in [3.63, 3.8) is 0 Å². The van der Waals surface area contributed by atoms with E-state index in [2.05, 4.69) is 31.3 Å². The van der Waals surface area contributed by atoms with Gasteiger partial charge in [-0.05, 0) is 13.0 Å². The Labute approximate surface area is 156 Å². The van der Waals surface area contributed by atoms with Crippen molar-refractivity contribution in [2.24, 2.45) is 0 Å². The molecule has 0 unspecified atom stereocenters. The maximum absolute atomic E-state index is 12.4. The van der Waals surface area contributed by atoms with Crippen LogP contribution >= 0.6 is 0 Å². The van der Waals surface area contributed by atoms with Crippen LogP contribution in [0.15, 0.2) is 24.3 Å². The minimum atomic E-state index is -0.543. The first-order valence-corrected chi connectivity index (χ1v) is 8.89. The lowest BCUT2D eigenvalue weighted by molar-refractivity contribution is -0.134. The van der Waals surface area contributed by atoms with Crippen molar-refractivity contribution in [1.29, 1.82) is 0 Å². The van der Waals surface area contributed by atoms with Crippen LogP contribution in [0.25, 0.3) is 0 Å². The van der Waals surface area contributed by atoms with Crippen LogP contribution in [0, 0.1) is 0 Å². The van der Waals surface area contributed by atoms with Crippen molar-refractivity contribution in [2.75, 3.05) is 19.7 Å². The molecule has 0 radical (unpaired) electrons. The Morgan fingerprint density at radius 2 is 2.26 bits per heavy atom. The Hall–Kier alpha value is -3.01. The highest BCUT2D eigenvalue weighted by Gasteiger charge is 2.32. The van der Waals surface area contributed by atoms with E-state index < -0.39 is 6.04 Å². The first-order valence-electron chi connectivity index (χ1n) is 8.89. The molecule has 3 N–H and O–H groups in total. The second kappa shape index (κ2) is 9.08. The molecule has 10 heteroatoms. The number of nitrogens with zero attached hydrogens (tertiary/aromatic N) is 4. The van der Waals surface area contributed by atoms with E-state index in [1.807, 2.05) is 36.1 Å². The molecule has 144 valence electrons. The van der Waals surface area contributed by atoms with Crippen molar-refractivity contribution < 1.29 is 14.3 Å². The second-order valence-electron chi connectivity index (χ2n) is 6.13. The molecule has 2 aromatic rings. The average Bonchev–Trinajstić information content (AvgIpc) is 3.18. The number of hydrogen-bond acceptors (Lipinski definition) is 7. The van der Waals surface area contributed by atoms with Gasteiger partial charge in [0, 0.05) is 25.2 Å². The minimum absolute atomic E-state index is 0.0560. The SMILES string of the molecule is CCOc1ccccc1CN1CCNC(=O)[C@H]1CC(=O)NCc1nn[nH]n1. The lowest BCUT2D eigenvalue weighted by Crippen LogP contribution is -2.56. The van der Waals surface area contributed by atoms with E-state index in [4.69, 9.17) is 4.74 Å². The summed E-state index contributed by atoms with van der Waals surface area (Å²) in [5, 5.41) is 18.9. The number of ether oxygens (including phenoxy) is 1. The van der Waals surface area contributed by atoms with Crippen LogP contribution in [0.1, 0.15) is 24.7 Å². The van der Waals surface area contributed by atoms with Gasteiger partial charge >= 0.3 is 0 Å². The van der Waals surface area contributed by atoms with Gasteiger partial charge in [-0.3, -0.25) is 14.5 Å². The third-order valence-electron chi connectivity index (χ3n) is 4.30. The zero-order valence-electron chi connectivity index (χ0n) is 15.1. The zero-order valence-corrected chi connectivity index (χ0v) is 15.1. The maximum atomic E-state index is 12.4. The molecule has 3 rings (SSSR count). The molecule has 1 aliphatic rings. The topological polar surface area (TPSA) is 125 Å². The van der Waals surface area contributed by atoms with Crippen molar-refractivity contribution in [2.45, 2.75) is 32.5 Å². The first-order chi connectivity index (χ1) is 13.2. The Kier molecular flexibility index (Phi) is 6.31. The molecule has 1 atom stereocenters. The van der Waals surface area contributed by atoms with E-state index in [9.17, 15) is 9.59 Å². The molecule has 0 bridgehead atoms. The summed E-state index contributed by atoms with van der Waals surface area (Å²) >= 11 is 0. The Morgan fingerprint density at radius 3 is 3.04 bits per heavy atom. The highest BCUT2D eigenvalue weighted by molar-refractivity contribution is 5.88. The summed E-state index contributed by atoms with van der Waals surface area (Å²) in [6.07, 6.45) is 0.0560. The number of tetrazole rings is 1. The number of aromatic amines is 1. The van der Waals surface area contributed by atoms with Gasteiger partial charge in [0.2, 0.25) is 11.8 Å². The van der Waals surface area contributed by atoms with Crippen molar-refractivity contribution >= 4 is 11.8 Å². The third kappa shape index (κ3) is 5.00. The Morgan fingerprint density at radius 1 is 1.41 bits per heavy atom. The fourth-order valence-corrected chi connectivity index (χ4v) is 3.01. The largest absolute Gasteiger partial charge is 0.494 e. The van der Waals surface area contributed by atoms with Crippen LogP contribution in [0.4, 0.5) is 0 Å². The molecule has 0 saturated carbocycles. The van der Waals surface area contributed by atoms with Gasteiger partial charge in [0.05, 0.1) is 25.6 Å². The van der Waals surface area contributed by atoms with Crippen LogP contribution in [0.5, 0.6) is 5.75 Å². The number of H-pyrrole nitrogens is 1. The van der Waals surface area contributed by atoms with Crippen LogP contribution in [-0.2, 0) is 22.7 Å². The number of aromatic nitrogens is 4. The van der Waals surface area contributed by atoms with E-state index in [-0.39, 0.29) is 24.8 Å². The van der Waals surface area contributed by atoms with Crippen LogP contribution < -0.4 is 15.4 Å². The first kappa shape index (κ1) is 18.8. The van der Waals surface area contributed by atoms with E-state index in [1.54, 1.807) is 0 Å². The van der Waals surface area contributed by atoms with E-state index in [1.165, 1.54) is 0 Å². The van der Waals surface area contributed by atoms with Crippen LogP contribution in [0.3, 0.4) is 0 Å². The van der Waals surface area contributed by atoms with Gasteiger partial charge in [-0.15, -0.1) is 10.2 Å². The maximum Gasteiger partial charge on any atom is 0.237 e. The Bertz CT molecular complexity index is 766. The fourth-order valence-electron chi connectivity index (χ4n) is 3.01. The van der Waals surface area contributed by atoms with Gasteiger partial charge in [0.25, 0.3) is 0 Å². The third-order valence-corrected chi connectivity index (χ3v) is 4.30. The number of carbonyl (C=O) groups is 2. The molecule has 27 heavy (non-hydrogen) atoms. The number of nitrogens with one attached hydrogen (secondary N) is 3. The smallest absolute Gasteiger partial charge is 0.237 e. The van der Waals surface area contributed by atoms with E-state index >= 15 is 0 Å². The molecule has 1 fully saturated rings. The fraction of sp³-hybridized carbons (Fsp3) is 0.471. The summed E-state index contributed by atoms with van der Waals surface area (Å²) < 4.78 is 5.67. The second-order valence-corrected chi connectivity index (χ2v) is 6.13. The summed E-state index contributed by atoms with van der Waals surface area (Å²) in [5.74, 6) is 0.792. The van der Waals surface area contributed by atoms with Crippen molar-refractivity contribution in [3.05, 3.63) is 35.7 Å². The number of piperazine rings is 1. The summed E-state index contributed by atoms with van der Waals surface area (Å²) in [6, 6.07) is 7.20. The summed E-state index contributed by atoms with van der Waals surface area (Å²) in [5.41, 5.74) is 0.992. The summed E-state index contributed by atoms with van der Waals surface area (Å²) in [6.45, 7) is 4.41. The quantitative estimate of drug-likeness (QED) is 0.575. The normalized spacial score (nSPS) is 17.4. The zero-order chi connectivity index (χ0) is 19.1. The van der Waals surface area contributed by atoms with Gasteiger partial charge in [-0.1, -0.05) is 23.4 Å². The number of hydrogen-bond donors (Lipinski definition) is 3. The lowest BCUT2D eigenvalue weighted by atomic mass is 10.1. The standard InChI is InChI=1S/C17H23N7O3/c1-2-27-14-6-4-3-5-12(14)11-24-8-7-18-17(26)13(24)9-16(25)19-10-15-20-22-23-21-15/h3-6,13H,2,7-11H2,1H3,(H,18,26)(H,19,25)(H,20,21,22,23)/t13-/m1/s1. The predicted octanol–water partition coefficient (Wildman–Crippen LogP) is -0.395. The molecular formula is C17H23N7O3. The monoisotopic (exact) mass is 373 g/mol. The molecule has 1 saturated heterocycles. The number of benzene rings is 1. The van der Waals surface area contributed by atoms with Crippen molar-refractivity contribution in [3.8, 4) is 5.75 Å². The molecule has 1 aliphatic heterocycles. The number of para-hydroxylation sites is 1.